The number of alkyl halides is 2. The number of benzene rings is 1. The molecule has 1 aromatic carbocycles. The number of nitrogens with one attached hydrogen (secondary N) is 1. The number of halogens is 5. The third-order valence-electron chi connectivity index (χ3n) is 3.32. The molecule has 0 saturated carbocycles. The number of hydrogen-bond donors (Lipinski definition) is 1. The summed E-state index contributed by atoms with van der Waals surface area (Å²) >= 11 is 11.9. The number of hydrogen-bond acceptors (Lipinski definition) is 2. The minimum Gasteiger partial charge on any atom is -0.314 e. The maximum absolute atomic E-state index is 12.8. The number of rotatable bonds is 4. The molecule has 0 aromatic heterocycles. The van der Waals surface area contributed by atoms with Crippen LogP contribution in [0.5, 0.6) is 0 Å². The van der Waals surface area contributed by atoms with Crippen LogP contribution in [0.2, 0.25) is 10.0 Å². The van der Waals surface area contributed by atoms with Crippen LogP contribution in [-0.2, 0) is 0 Å². The van der Waals surface area contributed by atoms with Gasteiger partial charge in [-0.15, -0.1) is 12.4 Å². The highest BCUT2D eigenvalue weighted by atomic mass is 35.5. The Morgan fingerprint density at radius 3 is 2.35 bits per heavy atom. The topological polar surface area (TPSA) is 15.3 Å². The summed E-state index contributed by atoms with van der Waals surface area (Å²) in [5.74, 6) is 0. The molecule has 7 heteroatoms. The summed E-state index contributed by atoms with van der Waals surface area (Å²) in [5, 5.41) is 4.08. The highest BCUT2D eigenvalue weighted by molar-refractivity contribution is 6.42. The zero-order valence-electron chi connectivity index (χ0n) is 10.8. The summed E-state index contributed by atoms with van der Waals surface area (Å²) in [6, 6.07) is 4.83. The van der Waals surface area contributed by atoms with Crippen LogP contribution in [0, 0.1) is 0 Å². The van der Waals surface area contributed by atoms with E-state index in [2.05, 4.69) is 10.2 Å². The van der Waals surface area contributed by atoms with Crippen molar-refractivity contribution in [1.82, 2.24) is 10.2 Å². The maximum atomic E-state index is 12.8. The summed E-state index contributed by atoms with van der Waals surface area (Å²) in [4.78, 5) is 2.07. The van der Waals surface area contributed by atoms with E-state index in [9.17, 15) is 8.78 Å². The minimum atomic E-state index is -2.34. The maximum Gasteiger partial charge on any atom is 0.240 e. The van der Waals surface area contributed by atoms with Gasteiger partial charge in [-0.25, -0.2) is 8.78 Å². The van der Waals surface area contributed by atoms with Gasteiger partial charge in [0, 0.05) is 38.6 Å². The van der Waals surface area contributed by atoms with Crippen LogP contribution < -0.4 is 5.32 Å². The van der Waals surface area contributed by atoms with Crippen molar-refractivity contribution in [3.63, 3.8) is 0 Å². The number of piperazine rings is 1. The van der Waals surface area contributed by atoms with Crippen LogP contribution in [0.15, 0.2) is 18.2 Å². The molecule has 0 unspecified atom stereocenters. The van der Waals surface area contributed by atoms with Crippen molar-refractivity contribution in [2.45, 2.75) is 18.9 Å². The molecule has 2 rings (SSSR count). The largest absolute Gasteiger partial charge is 0.314 e. The van der Waals surface area contributed by atoms with Crippen LogP contribution in [-0.4, -0.2) is 37.5 Å². The second kappa shape index (κ2) is 8.35. The van der Waals surface area contributed by atoms with Crippen molar-refractivity contribution in [1.29, 1.82) is 0 Å². The van der Waals surface area contributed by atoms with E-state index in [0.29, 0.717) is 10.0 Å². The zero-order valence-corrected chi connectivity index (χ0v) is 13.1. The Labute approximate surface area is 133 Å². The number of nitrogens with zero attached hydrogens (tertiary/aromatic N) is 1. The molecule has 0 aliphatic carbocycles. The monoisotopic (exact) mass is 344 g/mol. The Morgan fingerprint density at radius 2 is 1.80 bits per heavy atom. The van der Waals surface area contributed by atoms with Gasteiger partial charge in [0.2, 0.25) is 6.43 Å². The first-order chi connectivity index (χ1) is 9.08. The lowest BCUT2D eigenvalue weighted by Gasteiger charge is -2.35. The molecule has 1 atom stereocenters. The molecule has 1 heterocycles. The second-order valence-electron chi connectivity index (χ2n) is 4.60. The highest BCUT2D eigenvalue weighted by Gasteiger charge is 2.25. The zero-order chi connectivity index (χ0) is 13.8. The van der Waals surface area contributed by atoms with Gasteiger partial charge in [0.25, 0.3) is 0 Å². The molecule has 1 N–H and O–H groups in total. The lowest BCUT2D eigenvalue weighted by atomic mass is 10.0. The first kappa shape index (κ1) is 17.9. The third kappa shape index (κ3) is 4.71. The summed E-state index contributed by atoms with van der Waals surface area (Å²) in [6.45, 7) is 3.16. The van der Waals surface area contributed by atoms with E-state index in [-0.39, 0.29) is 24.9 Å². The van der Waals surface area contributed by atoms with Crippen molar-refractivity contribution in [3.05, 3.63) is 33.8 Å². The molecule has 0 amide bonds. The van der Waals surface area contributed by atoms with Crippen molar-refractivity contribution >= 4 is 35.6 Å². The predicted molar refractivity (Wildman–Crippen MR) is 81.5 cm³/mol. The standard InChI is InChI=1S/C13H16Cl2F2N2.ClH/c14-10-2-1-9(7-11(10)15)12(8-13(16)17)19-5-3-18-4-6-19;/h1-2,7,12-13,18H,3-6,8H2;1H/t12-;/m0./s1. The van der Waals surface area contributed by atoms with Gasteiger partial charge in [0.05, 0.1) is 10.0 Å². The van der Waals surface area contributed by atoms with Crippen molar-refractivity contribution < 1.29 is 8.78 Å². The fourth-order valence-electron chi connectivity index (χ4n) is 2.38. The fraction of sp³-hybridized carbons (Fsp3) is 0.538. The Morgan fingerprint density at radius 1 is 1.15 bits per heavy atom. The molecule has 1 aromatic rings. The van der Waals surface area contributed by atoms with Gasteiger partial charge in [0.15, 0.2) is 0 Å². The Bertz CT molecular complexity index is 426. The average molecular weight is 346 g/mol. The van der Waals surface area contributed by atoms with Crippen molar-refractivity contribution in [3.8, 4) is 0 Å². The highest BCUT2D eigenvalue weighted by Crippen LogP contribution is 2.32. The molecule has 1 aliphatic rings. The summed E-state index contributed by atoms with van der Waals surface area (Å²) < 4.78 is 25.6. The van der Waals surface area contributed by atoms with E-state index in [0.717, 1.165) is 31.7 Å². The Balaban J connectivity index is 0.00000200. The molecule has 1 saturated heterocycles. The molecule has 20 heavy (non-hydrogen) atoms. The Kier molecular flexibility index (Phi) is 7.48. The van der Waals surface area contributed by atoms with Gasteiger partial charge in [0.1, 0.15) is 0 Å². The molecular formula is C13H17Cl3F2N2. The van der Waals surface area contributed by atoms with Gasteiger partial charge in [-0.2, -0.15) is 0 Å². The van der Waals surface area contributed by atoms with Gasteiger partial charge >= 0.3 is 0 Å². The third-order valence-corrected chi connectivity index (χ3v) is 4.06. The lowest BCUT2D eigenvalue weighted by Crippen LogP contribution is -2.45. The molecule has 0 bridgehead atoms. The predicted octanol–water partition coefficient (Wildman–Crippen LogP) is 4.02. The minimum absolute atomic E-state index is 0. The summed E-state index contributed by atoms with van der Waals surface area (Å²) in [7, 11) is 0. The molecule has 1 fully saturated rings. The van der Waals surface area contributed by atoms with Crippen LogP contribution in [0.1, 0.15) is 18.0 Å². The van der Waals surface area contributed by atoms with E-state index in [1.165, 1.54) is 0 Å². The quantitative estimate of drug-likeness (QED) is 0.887. The molecule has 0 spiro atoms. The lowest BCUT2D eigenvalue weighted by molar-refractivity contribution is 0.0739. The van der Waals surface area contributed by atoms with E-state index in [1.807, 2.05) is 0 Å². The molecule has 0 radical (unpaired) electrons. The van der Waals surface area contributed by atoms with Gasteiger partial charge in [-0.1, -0.05) is 29.3 Å². The van der Waals surface area contributed by atoms with E-state index < -0.39 is 6.43 Å². The van der Waals surface area contributed by atoms with Crippen LogP contribution in [0.4, 0.5) is 8.78 Å². The SMILES string of the molecule is Cl.FC(F)C[C@@H](c1ccc(Cl)c(Cl)c1)N1CCNCC1. The normalized spacial score (nSPS) is 17.9. The van der Waals surface area contributed by atoms with Gasteiger partial charge < -0.3 is 5.32 Å². The summed E-state index contributed by atoms with van der Waals surface area (Å²) in [6.07, 6.45) is -2.52. The van der Waals surface area contributed by atoms with Crippen LogP contribution in [0.25, 0.3) is 0 Å². The van der Waals surface area contributed by atoms with E-state index >= 15 is 0 Å². The average Bonchev–Trinajstić information content (AvgIpc) is 2.40. The fourth-order valence-corrected chi connectivity index (χ4v) is 2.68. The van der Waals surface area contributed by atoms with Gasteiger partial charge in [-0.05, 0) is 17.7 Å². The first-order valence-electron chi connectivity index (χ1n) is 6.26. The molecular weight excluding hydrogens is 329 g/mol. The van der Waals surface area contributed by atoms with Gasteiger partial charge in [-0.3, -0.25) is 4.90 Å². The smallest absolute Gasteiger partial charge is 0.240 e. The molecule has 114 valence electrons. The van der Waals surface area contributed by atoms with E-state index in [4.69, 9.17) is 23.2 Å². The second-order valence-corrected chi connectivity index (χ2v) is 5.42. The van der Waals surface area contributed by atoms with Crippen molar-refractivity contribution in [2.24, 2.45) is 0 Å². The van der Waals surface area contributed by atoms with E-state index in [1.54, 1.807) is 18.2 Å². The first-order valence-corrected chi connectivity index (χ1v) is 7.01. The van der Waals surface area contributed by atoms with Crippen LogP contribution >= 0.6 is 35.6 Å². The van der Waals surface area contributed by atoms with Crippen molar-refractivity contribution in [2.75, 3.05) is 26.2 Å². The van der Waals surface area contributed by atoms with Crippen LogP contribution in [0.3, 0.4) is 0 Å². The Hall–Kier alpha value is -0.130. The molecule has 2 nitrogen and oxygen atoms in total. The summed E-state index contributed by atoms with van der Waals surface area (Å²) in [5.41, 5.74) is 0.802. The molecule has 1 aliphatic heterocycles.